The number of sulfone groups is 1. The maximum Gasteiger partial charge on any atom is 0.341 e. The van der Waals surface area contributed by atoms with Gasteiger partial charge >= 0.3 is 5.76 Å². The summed E-state index contributed by atoms with van der Waals surface area (Å²) in [6, 6.07) is 11.7. The molecule has 0 aliphatic carbocycles. The zero-order valence-corrected chi connectivity index (χ0v) is 12.7. The molecule has 0 amide bonds. The summed E-state index contributed by atoms with van der Waals surface area (Å²) in [5.74, 6) is -3.76. The van der Waals surface area contributed by atoms with Crippen molar-refractivity contribution in [2.24, 2.45) is 0 Å². The van der Waals surface area contributed by atoms with Gasteiger partial charge < -0.3 is 0 Å². The standard InChI is InChI=1S/C15H11ClF2O3S/c16-9-14(19)12-3-1-10(2-4-12)11-5-7-13(8-6-11)22(20,21)15(17)18/h1-8,15H,9H2. The lowest BCUT2D eigenvalue weighted by atomic mass is 10.0. The highest BCUT2D eigenvalue weighted by Gasteiger charge is 2.26. The molecular formula is C15H11ClF2O3S. The smallest absolute Gasteiger partial charge is 0.293 e. The summed E-state index contributed by atoms with van der Waals surface area (Å²) >= 11 is 5.46. The molecule has 0 atom stereocenters. The van der Waals surface area contributed by atoms with E-state index < -0.39 is 20.5 Å². The van der Waals surface area contributed by atoms with Crippen LogP contribution in [0.3, 0.4) is 0 Å². The van der Waals surface area contributed by atoms with Crippen LogP contribution in [0.5, 0.6) is 0 Å². The van der Waals surface area contributed by atoms with Gasteiger partial charge in [0.05, 0.1) is 10.8 Å². The average Bonchev–Trinajstić information content (AvgIpc) is 2.54. The molecule has 0 unspecified atom stereocenters. The molecule has 0 aromatic heterocycles. The van der Waals surface area contributed by atoms with Crippen LogP contribution < -0.4 is 0 Å². The van der Waals surface area contributed by atoms with Gasteiger partial charge in [-0.2, -0.15) is 8.78 Å². The second kappa shape index (κ2) is 6.54. The molecule has 2 aromatic rings. The molecule has 7 heteroatoms. The first kappa shape index (κ1) is 16.6. The molecule has 0 spiro atoms. The minimum Gasteiger partial charge on any atom is -0.293 e. The molecule has 2 rings (SSSR count). The number of carbonyl (C=O) groups is 1. The SMILES string of the molecule is O=C(CCl)c1ccc(-c2ccc(S(=O)(=O)C(F)F)cc2)cc1. The summed E-state index contributed by atoms with van der Waals surface area (Å²) in [5, 5.41) is 0. The van der Waals surface area contributed by atoms with E-state index in [2.05, 4.69) is 0 Å². The number of alkyl halides is 3. The van der Waals surface area contributed by atoms with E-state index in [9.17, 15) is 22.0 Å². The Hall–Kier alpha value is -1.79. The minimum absolute atomic E-state index is 0.112. The van der Waals surface area contributed by atoms with Gasteiger partial charge in [0.1, 0.15) is 0 Å². The Labute approximate surface area is 131 Å². The third-order valence-corrected chi connectivity index (χ3v) is 4.72. The third-order valence-electron chi connectivity index (χ3n) is 3.08. The second-order valence-electron chi connectivity index (χ2n) is 4.46. The first-order valence-electron chi connectivity index (χ1n) is 6.18. The van der Waals surface area contributed by atoms with Gasteiger partial charge in [0.2, 0.25) is 9.84 Å². The summed E-state index contributed by atoms with van der Waals surface area (Å²) in [7, 11) is -4.59. The van der Waals surface area contributed by atoms with Gasteiger partial charge in [-0.3, -0.25) is 4.79 Å². The predicted molar refractivity (Wildman–Crippen MR) is 80.1 cm³/mol. The first-order chi connectivity index (χ1) is 10.4. The molecular weight excluding hydrogens is 334 g/mol. The van der Waals surface area contributed by atoms with E-state index in [1.165, 1.54) is 12.1 Å². The van der Waals surface area contributed by atoms with E-state index >= 15 is 0 Å². The Morgan fingerprint density at radius 3 is 1.82 bits per heavy atom. The molecule has 116 valence electrons. The lowest BCUT2D eigenvalue weighted by molar-refractivity contribution is 0.102. The fourth-order valence-electron chi connectivity index (χ4n) is 1.87. The quantitative estimate of drug-likeness (QED) is 0.613. The number of hydrogen-bond acceptors (Lipinski definition) is 3. The van der Waals surface area contributed by atoms with Crippen LogP contribution in [-0.2, 0) is 9.84 Å². The van der Waals surface area contributed by atoms with Gasteiger partial charge in [-0.05, 0) is 23.3 Å². The third kappa shape index (κ3) is 3.34. The Morgan fingerprint density at radius 2 is 1.41 bits per heavy atom. The highest BCUT2D eigenvalue weighted by atomic mass is 35.5. The average molecular weight is 345 g/mol. The van der Waals surface area contributed by atoms with Crippen LogP contribution in [0.2, 0.25) is 0 Å². The molecule has 0 fully saturated rings. The Kier molecular flexibility index (Phi) is 4.93. The molecule has 0 aliphatic rings. The van der Waals surface area contributed by atoms with Crippen LogP contribution in [0.25, 0.3) is 11.1 Å². The molecule has 0 bridgehead atoms. The van der Waals surface area contributed by atoms with E-state index in [0.717, 1.165) is 17.7 Å². The Bertz CT molecular complexity index is 769. The summed E-state index contributed by atoms with van der Waals surface area (Å²) in [4.78, 5) is 11.0. The van der Waals surface area contributed by atoms with Gasteiger partial charge in [-0.25, -0.2) is 8.42 Å². The van der Waals surface area contributed by atoms with Gasteiger partial charge in [-0.1, -0.05) is 36.4 Å². The number of carbonyl (C=O) groups excluding carboxylic acids is 1. The number of halogens is 3. The predicted octanol–water partition coefficient (Wildman–Crippen LogP) is 3.77. The largest absolute Gasteiger partial charge is 0.341 e. The van der Waals surface area contributed by atoms with Crippen molar-refractivity contribution in [2.75, 3.05) is 5.88 Å². The number of rotatable bonds is 5. The lowest BCUT2D eigenvalue weighted by Gasteiger charge is -2.06. The van der Waals surface area contributed by atoms with Gasteiger partial charge in [0, 0.05) is 5.56 Å². The Balaban J connectivity index is 2.30. The second-order valence-corrected chi connectivity index (χ2v) is 6.65. The summed E-state index contributed by atoms with van der Waals surface area (Å²) in [6.07, 6.45) is 0. The molecule has 0 saturated carbocycles. The molecule has 0 saturated heterocycles. The molecule has 0 N–H and O–H groups in total. The number of ketones is 1. The van der Waals surface area contributed by atoms with Crippen LogP contribution in [0.1, 0.15) is 10.4 Å². The topological polar surface area (TPSA) is 51.2 Å². The molecule has 2 aromatic carbocycles. The van der Waals surface area contributed by atoms with Crippen molar-refractivity contribution in [3.8, 4) is 11.1 Å². The van der Waals surface area contributed by atoms with Crippen molar-refractivity contribution in [2.45, 2.75) is 10.7 Å². The Morgan fingerprint density at radius 1 is 0.955 bits per heavy atom. The van der Waals surface area contributed by atoms with Crippen LogP contribution in [0.4, 0.5) is 8.78 Å². The van der Waals surface area contributed by atoms with Crippen molar-refractivity contribution >= 4 is 27.2 Å². The zero-order chi connectivity index (χ0) is 16.3. The molecule has 0 aliphatic heterocycles. The summed E-state index contributed by atoms with van der Waals surface area (Å²) in [5.41, 5.74) is 1.85. The fraction of sp³-hybridized carbons (Fsp3) is 0.133. The van der Waals surface area contributed by atoms with Crippen molar-refractivity contribution < 1.29 is 22.0 Å². The monoisotopic (exact) mass is 344 g/mol. The van der Waals surface area contributed by atoms with Crippen molar-refractivity contribution in [3.63, 3.8) is 0 Å². The highest BCUT2D eigenvalue weighted by molar-refractivity contribution is 7.91. The van der Waals surface area contributed by atoms with Gasteiger partial charge in [-0.15, -0.1) is 11.6 Å². The van der Waals surface area contributed by atoms with E-state index in [1.807, 2.05) is 0 Å². The zero-order valence-electron chi connectivity index (χ0n) is 11.2. The number of hydrogen-bond donors (Lipinski definition) is 0. The number of Topliss-reactive ketones (excluding diaryl/α,β-unsaturated/α-hetero) is 1. The van der Waals surface area contributed by atoms with Crippen LogP contribution in [-0.4, -0.2) is 25.8 Å². The molecule has 0 heterocycles. The van der Waals surface area contributed by atoms with Crippen molar-refractivity contribution in [3.05, 3.63) is 54.1 Å². The maximum atomic E-state index is 12.4. The van der Waals surface area contributed by atoms with Crippen molar-refractivity contribution in [1.29, 1.82) is 0 Å². The van der Waals surface area contributed by atoms with E-state index in [0.29, 0.717) is 11.1 Å². The van der Waals surface area contributed by atoms with E-state index in [-0.39, 0.29) is 11.7 Å². The van der Waals surface area contributed by atoms with Gasteiger partial charge in [0.25, 0.3) is 0 Å². The highest BCUT2D eigenvalue weighted by Crippen LogP contribution is 2.24. The summed E-state index contributed by atoms with van der Waals surface area (Å²) in [6.45, 7) is 0. The normalized spacial score (nSPS) is 11.6. The van der Waals surface area contributed by atoms with Crippen LogP contribution in [0.15, 0.2) is 53.4 Å². The fourth-order valence-corrected chi connectivity index (χ4v) is 2.74. The van der Waals surface area contributed by atoms with Gasteiger partial charge in [0.15, 0.2) is 5.78 Å². The van der Waals surface area contributed by atoms with Crippen molar-refractivity contribution in [1.82, 2.24) is 0 Å². The summed E-state index contributed by atoms with van der Waals surface area (Å²) < 4.78 is 47.6. The lowest BCUT2D eigenvalue weighted by Crippen LogP contribution is -2.11. The minimum atomic E-state index is -4.59. The van der Waals surface area contributed by atoms with E-state index in [4.69, 9.17) is 11.6 Å². The van der Waals surface area contributed by atoms with Crippen LogP contribution >= 0.6 is 11.6 Å². The first-order valence-corrected chi connectivity index (χ1v) is 8.26. The maximum absolute atomic E-state index is 12.4. The molecule has 3 nitrogen and oxygen atoms in total. The van der Waals surface area contributed by atoms with Crippen LogP contribution in [0, 0.1) is 0 Å². The number of benzene rings is 2. The molecule has 0 radical (unpaired) electrons. The molecule has 22 heavy (non-hydrogen) atoms. The van der Waals surface area contributed by atoms with E-state index in [1.54, 1.807) is 24.3 Å².